The van der Waals surface area contributed by atoms with E-state index in [0.29, 0.717) is 6.42 Å². The molecule has 2 atom stereocenters. The highest BCUT2D eigenvalue weighted by molar-refractivity contribution is 5.83. The van der Waals surface area contributed by atoms with E-state index >= 15 is 0 Å². The molecule has 0 bridgehead atoms. The van der Waals surface area contributed by atoms with Crippen molar-refractivity contribution in [3.8, 4) is 0 Å². The summed E-state index contributed by atoms with van der Waals surface area (Å²) >= 11 is 0. The lowest BCUT2D eigenvalue weighted by Gasteiger charge is -2.29. The predicted octanol–water partition coefficient (Wildman–Crippen LogP) is 1.77. The molecule has 0 heterocycles. The van der Waals surface area contributed by atoms with Crippen LogP contribution in [0.5, 0.6) is 0 Å². The zero-order valence-corrected chi connectivity index (χ0v) is 12.9. The average Bonchev–Trinajstić information content (AvgIpc) is 2.20. The van der Waals surface area contributed by atoms with Crippen LogP contribution in [-0.4, -0.2) is 34.6 Å². The van der Waals surface area contributed by atoms with Crippen LogP contribution in [0.4, 0.5) is 0 Å². The van der Waals surface area contributed by atoms with Crippen LogP contribution in [0.15, 0.2) is 0 Å². The molecule has 3 N–H and O–H groups in total. The van der Waals surface area contributed by atoms with Crippen LogP contribution in [0.1, 0.15) is 54.4 Å². The lowest BCUT2D eigenvalue weighted by molar-refractivity contribution is -0.140. The lowest BCUT2D eigenvalue weighted by Crippen LogP contribution is -2.56. The molecule has 0 radical (unpaired) electrons. The van der Waals surface area contributed by atoms with Crippen molar-refractivity contribution in [3.63, 3.8) is 0 Å². The number of hydrogen-bond acceptors (Lipinski definition) is 3. The van der Waals surface area contributed by atoms with Crippen molar-refractivity contribution in [2.24, 2.45) is 5.92 Å². The third-order valence-electron chi connectivity index (χ3n) is 2.70. The second-order valence-corrected chi connectivity index (χ2v) is 6.31. The maximum Gasteiger partial charge on any atom is 0.320 e. The summed E-state index contributed by atoms with van der Waals surface area (Å²) in [6, 6.07) is -1.17. The van der Waals surface area contributed by atoms with Crippen molar-refractivity contribution in [2.75, 3.05) is 0 Å². The van der Waals surface area contributed by atoms with Crippen LogP contribution >= 0.6 is 0 Å². The predicted molar refractivity (Wildman–Crippen MR) is 76.0 cm³/mol. The van der Waals surface area contributed by atoms with Crippen LogP contribution in [0.3, 0.4) is 0 Å². The Kier molecular flexibility index (Phi) is 7.05. The van der Waals surface area contributed by atoms with Crippen molar-refractivity contribution >= 4 is 11.9 Å². The van der Waals surface area contributed by atoms with Gasteiger partial charge in [-0.2, -0.15) is 0 Å². The molecule has 0 fully saturated rings. The summed E-state index contributed by atoms with van der Waals surface area (Å²) in [5.41, 5.74) is -0.324. The number of carbonyl (C=O) groups excluding carboxylic acids is 1. The van der Waals surface area contributed by atoms with E-state index in [1.807, 2.05) is 41.5 Å². The molecular weight excluding hydrogens is 244 g/mol. The minimum absolute atomic E-state index is 0.0288. The van der Waals surface area contributed by atoms with Crippen LogP contribution in [0.25, 0.3) is 0 Å². The summed E-state index contributed by atoms with van der Waals surface area (Å²) in [6.45, 7) is 11.5. The largest absolute Gasteiger partial charge is 0.480 e. The first-order chi connectivity index (χ1) is 8.58. The highest BCUT2D eigenvalue weighted by Gasteiger charge is 2.29. The number of carbonyl (C=O) groups is 2. The van der Waals surface area contributed by atoms with Crippen molar-refractivity contribution in [2.45, 2.75) is 72.0 Å². The lowest BCUT2D eigenvalue weighted by atomic mass is 9.99. The number of aliphatic carboxylic acids is 1. The van der Waals surface area contributed by atoms with Gasteiger partial charge in [0.05, 0.1) is 6.04 Å². The normalized spacial score (nSPS) is 15.1. The molecule has 0 saturated heterocycles. The average molecular weight is 272 g/mol. The van der Waals surface area contributed by atoms with Crippen LogP contribution < -0.4 is 10.6 Å². The monoisotopic (exact) mass is 272 g/mol. The molecule has 0 aromatic heterocycles. The summed E-state index contributed by atoms with van der Waals surface area (Å²) in [5.74, 6) is -1.03. The zero-order chi connectivity index (χ0) is 15.2. The highest BCUT2D eigenvalue weighted by Crippen LogP contribution is 2.09. The number of carboxylic acid groups (broad SMARTS) is 1. The molecular formula is C14H28N2O3. The Balaban J connectivity index is 4.81. The molecule has 1 amide bonds. The smallest absolute Gasteiger partial charge is 0.320 e. The Morgan fingerprint density at radius 2 is 1.74 bits per heavy atom. The summed E-state index contributed by atoms with van der Waals surface area (Å²) in [7, 11) is 0. The number of amides is 1. The van der Waals surface area contributed by atoms with Crippen LogP contribution in [0.2, 0.25) is 0 Å². The van der Waals surface area contributed by atoms with Gasteiger partial charge < -0.3 is 10.4 Å². The number of nitrogens with one attached hydrogen (secondary N) is 2. The molecule has 0 aliphatic heterocycles. The summed E-state index contributed by atoms with van der Waals surface area (Å²) in [6.07, 6.45) is 1.27. The molecule has 0 aromatic rings. The number of rotatable bonds is 7. The molecule has 19 heavy (non-hydrogen) atoms. The fourth-order valence-corrected chi connectivity index (χ4v) is 1.80. The van der Waals surface area contributed by atoms with E-state index in [2.05, 4.69) is 10.6 Å². The van der Waals surface area contributed by atoms with Gasteiger partial charge in [-0.15, -0.1) is 0 Å². The van der Waals surface area contributed by atoms with Crippen molar-refractivity contribution < 1.29 is 14.7 Å². The van der Waals surface area contributed by atoms with Gasteiger partial charge in [-0.3, -0.25) is 14.9 Å². The van der Waals surface area contributed by atoms with Crippen LogP contribution in [0, 0.1) is 5.92 Å². The standard InChI is InChI=1S/C14H28N2O3/c1-7-8-10(13(18)19)15-11(9(2)3)12(17)16-14(4,5)6/h9-11,15H,7-8H2,1-6H3,(H,16,17)(H,18,19)/t10-,11?/m0/s1. The quantitative estimate of drug-likeness (QED) is 0.660. The number of carboxylic acids is 1. The second-order valence-electron chi connectivity index (χ2n) is 6.31. The molecule has 0 saturated carbocycles. The molecule has 0 aliphatic rings. The molecule has 5 nitrogen and oxygen atoms in total. The fourth-order valence-electron chi connectivity index (χ4n) is 1.80. The minimum atomic E-state index is -0.906. The van der Waals surface area contributed by atoms with Crippen molar-refractivity contribution in [3.05, 3.63) is 0 Å². The van der Waals surface area contributed by atoms with Gasteiger partial charge in [0.1, 0.15) is 6.04 Å². The molecule has 0 aromatic carbocycles. The molecule has 112 valence electrons. The van der Waals surface area contributed by atoms with Gasteiger partial charge in [0.15, 0.2) is 0 Å². The minimum Gasteiger partial charge on any atom is -0.480 e. The Morgan fingerprint density at radius 3 is 2.05 bits per heavy atom. The van der Waals surface area contributed by atoms with E-state index in [0.717, 1.165) is 6.42 Å². The second kappa shape index (κ2) is 7.48. The zero-order valence-electron chi connectivity index (χ0n) is 12.9. The Labute approximate surface area is 116 Å². The highest BCUT2D eigenvalue weighted by atomic mass is 16.4. The van der Waals surface area contributed by atoms with E-state index in [1.54, 1.807) is 0 Å². The van der Waals surface area contributed by atoms with Gasteiger partial charge in [0.25, 0.3) is 0 Å². The van der Waals surface area contributed by atoms with Crippen molar-refractivity contribution in [1.29, 1.82) is 0 Å². The van der Waals surface area contributed by atoms with Gasteiger partial charge in [-0.1, -0.05) is 27.2 Å². The van der Waals surface area contributed by atoms with Gasteiger partial charge in [-0.05, 0) is 33.1 Å². The summed E-state index contributed by atoms with van der Waals surface area (Å²) < 4.78 is 0. The Bertz CT molecular complexity index is 308. The summed E-state index contributed by atoms with van der Waals surface area (Å²) in [5, 5.41) is 15.0. The summed E-state index contributed by atoms with van der Waals surface area (Å²) in [4.78, 5) is 23.4. The molecule has 0 spiro atoms. The number of hydrogen-bond donors (Lipinski definition) is 3. The van der Waals surface area contributed by atoms with E-state index in [4.69, 9.17) is 5.11 Å². The van der Waals surface area contributed by atoms with Gasteiger partial charge in [0, 0.05) is 5.54 Å². The third kappa shape index (κ3) is 7.15. The van der Waals surface area contributed by atoms with Gasteiger partial charge >= 0.3 is 5.97 Å². The first-order valence-corrected chi connectivity index (χ1v) is 6.89. The Hall–Kier alpha value is -1.10. The fraction of sp³-hybridized carbons (Fsp3) is 0.857. The third-order valence-corrected chi connectivity index (χ3v) is 2.70. The van der Waals surface area contributed by atoms with E-state index in [9.17, 15) is 9.59 Å². The molecule has 1 unspecified atom stereocenters. The van der Waals surface area contributed by atoms with E-state index < -0.39 is 18.1 Å². The van der Waals surface area contributed by atoms with Gasteiger partial charge in [-0.25, -0.2) is 0 Å². The topological polar surface area (TPSA) is 78.4 Å². The molecule has 5 heteroatoms. The van der Waals surface area contributed by atoms with Crippen LogP contribution in [-0.2, 0) is 9.59 Å². The maximum absolute atomic E-state index is 12.2. The molecule has 0 aliphatic carbocycles. The SMILES string of the molecule is CCC[C@H](NC(C(=O)NC(C)(C)C)C(C)C)C(=O)O. The Morgan fingerprint density at radius 1 is 1.21 bits per heavy atom. The first kappa shape index (κ1) is 17.9. The molecule has 0 rings (SSSR count). The maximum atomic E-state index is 12.2. The van der Waals surface area contributed by atoms with Crippen molar-refractivity contribution in [1.82, 2.24) is 10.6 Å². The van der Waals surface area contributed by atoms with Gasteiger partial charge in [0.2, 0.25) is 5.91 Å². The first-order valence-electron chi connectivity index (χ1n) is 6.89. The van der Waals surface area contributed by atoms with E-state index in [1.165, 1.54) is 0 Å². The van der Waals surface area contributed by atoms with E-state index in [-0.39, 0.29) is 17.4 Å².